The zero-order valence-corrected chi connectivity index (χ0v) is 19.0. The van der Waals surface area contributed by atoms with Crippen molar-refractivity contribution in [2.75, 3.05) is 19.1 Å². The number of hydrogen-bond donors (Lipinski definition) is 1. The first-order chi connectivity index (χ1) is 16.7. The molecule has 0 atom stereocenters. The zero-order chi connectivity index (χ0) is 23.8. The Balaban J connectivity index is 1.48. The maximum atomic E-state index is 12.4. The first-order valence-corrected chi connectivity index (χ1v) is 10.8. The van der Waals surface area contributed by atoms with Gasteiger partial charge in [0, 0.05) is 22.6 Å². The van der Waals surface area contributed by atoms with Crippen molar-refractivity contribution >= 4 is 29.2 Å². The van der Waals surface area contributed by atoms with Crippen molar-refractivity contribution in [2.24, 2.45) is 5.10 Å². The number of nitrogens with one attached hydrogen (secondary N) is 1. The van der Waals surface area contributed by atoms with Crippen LogP contribution in [0.1, 0.15) is 15.9 Å². The number of para-hydroxylation sites is 2. The van der Waals surface area contributed by atoms with Crippen LogP contribution < -0.4 is 19.8 Å². The molecule has 0 aromatic heterocycles. The van der Waals surface area contributed by atoms with E-state index >= 15 is 0 Å². The van der Waals surface area contributed by atoms with E-state index in [1.165, 1.54) is 7.11 Å². The van der Waals surface area contributed by atoms with Crippen LogP contribution in [0.25, 0.3) is 0 Å². The Kier molecular flexibility index (Phi) is 7.20. The molecule has 0 radical (unpaired) electrons. The number of rotatable bonds is 8. The number of hydrogen-bond acceptors (Lipinski definition) is 5. The number of methoxy groups -OCH3 is 2. The third kappa shape index (κ3) is 5.24. The Bertz CT molecular complexity index is 1220. The van der Waals surface area contributed by atoms with Gasteiger partial charge in [-0.25, -0.2) is 5.43 Å². The summed E-state index contributed by atoms with van der Waals surface area (Å²) in [6.45, 7) is 0. The number of ether oxygens (including phenoxy) is 2. The fraction of sp³-hybridized carbons (Fsp3) is 0.0714. The van der Waals surface area contributed by atoms with Crippen LogP contribution in [0.2, 0.25) is 0 Å². The average molecular weight is 452 g/mol. The van der Waals surface area contributed by atoms with Gasteiger partial charge >= 0.3 is 0 Å². The second kappa shape index (κ2) is 10.8. The molecule has 0 heterocycles. The van der Waals surface area contributed by atoms with Crippen molar-refractivity contribution in [1.82, 2.24) is 5.43 Å². The summed E-state index contributed by atoms with van der Waals surface area (Å²) in [5.41, 5.74) is 6.98. The van der Waals surface area contributed by atoms with E-state index in [2.05, 4.69) is 39.7 Å². The van der Waals surface area contributed by atoms with Gasteiger partial charge in [-0.15, -0.1) is 0 Å². The van der Waals surface area contributed by atoms with Crippen molar-refractivity contribution in [3.8, 4) is 11.5 Å². The van der Waals surface area contributed by atoms with Gasteiger partial charge in [0.1, 0.15) is 0 Å². The molecule has 0 spiro atoms. The number of anilines is 3. The van der Waals surface area contributed by atoms with Crippen LogP contribution >= 0.6 is 0 Å². The molecule has 0 aliphatic heterocycles. The van der Waals surface area contributed by atoms with E-state index < -0.39 is 0 Å². The van der Waals surface area contributed by atoms with Gasteiger partial charge in [0.15, 0.2) is 11.5 Å². The lowest BCUT2D eigenvalue weighted by Gasteiger charge is -2.25. The zero-order valence-electron chi connectivity index (χ0n) is 19.0. The van der Waals surface area contributed by atoms with Crippen molar-refractivity contribution in [2.45, 2.75) is 0 Å². The molecule has 6 nitrogen and oxygen atoms in total. The smallest absolute Gasteiger partial charge is 0.271 e. The SMILES string of the molecule is COc1ccc(C(=O)N/N=C/c2ccc(N(c3ccccc3)c3ccccc3)cc2)cc1OC. The summed E-state index contributed by atoms with van der Waals surface area (Å²) >= 11 is 0. The van der Waals surface area contributed by atoms with Gasteiger partial charge in [0.05, 0.1) is 20.4 Å². The second-order valence-electron chi connectivity index (χ2n) is 7.37. The highest BCUT2D eigenvalue weighted by atomic mass is 16.5. The summed E-state index contributed by atoms with van der Waals surface area (Å²) in [6.07, 6.45) is 1.61. The van der Waals surface area contributed by atoms with Gasteiger partial charge in [-0.2, -0.15) is 5.10 Å². The molecule has 0 saturated heterocycles. The second-order valence-corrected chi connectivity index (χ2v) is 7.37. The van der Waals surface area contributed by atoms with E-state index in [9.17, 15) is 4.79 Å². The number of benzene rings is 4. The molecular weight excluding hydrogens is 426 g/mol. The Hall–Kier alpha value is -4.58. The van der Waals surface area contributed by atoms with Crippen LogP contribution in [0.15, 0.2) is 108 Å². The predicted octanol–water partition coefficient (Wildman–Crippen LogP) is 5.94. The molecule has 4 aromatic carbocycles. The van der Waals surface area contributed by atoms with E-state index in [-0.39, 0.29) is 5.91 Å². The minimum absolute atomic E-state index is 0.340. The first kappa shape index (κ1) is 22.6. The Morgan fingerprint density at radius 2 is 1.29 bits per heavy atom. The number of hydrazone groups is 1. The van der Waals surface area contributed by atoms with Crippen LogP contribution in [0.5, 0.6) is 11.5 Å². The average Bonchev–Trinajstić information content (AvgIpc) is 2.90. The molecule has 4 aromatic rings. The molecule has 1 N–H and O–H groups in total. The van der Waals surface area contributed by atoms with Crippen molar-refractivity contribution in [3.05, 3.63) is 114 Å². The van der Waals surface area contributed by atoms with E-state index in [0.29, 0.717) is 17.1 Å². The van der Waals surface area contributed by atoms with Gasteiger partial charge in [0.25, 0.3) is 5.91 Å². The summed E-state index contributed by atoms with van der Waals surface area (Å²) in [5.74, 6) is 0.701. The third-order valence-electron chi connectivity index (χ3n) is 5.21. The topological polar surface area (TPSA) is 63.2 Å². The highest BCUT2D eigenvalue weighted by molar-refractivity contribution is 5.95. The highest BCUT2D eigenvalue weighted by Crippen LogP contribution is 2.34. The molecule has 6 heteroatoms. The van der Waals surface area contributed by atoms with Crippen LogP contribution in [-0.4, -0.2) is 26.3 Å². The number of nitrogens with zero attached hydrogens (tertiary/aromatic N) is 2. The molecule has 0 unspecified atom stereocenters. The van der Waals surface area contributed by atoms with E-state index in [4.69, 9.17) is 9.47 Å². The van der Waals surface area contributed by atoms with Crippen LogP contribution in [0, 0.1) is 0 Å². The molecule has 0 saturated carbocycles. The minimum atomic E-state index is -0.340. The molecule has 0 aliphatic rings. The summed E-state index contributed by atoms with van der Waals surface area (Å²) in [6, 6.07) is 33.3. The van der Waals surface area contributed by atoms with E-state index in [1.807, 2.05) is 60.7 Å². The van der Waals surface area contributed by atoms with Gasteiger partial charge in [-0.1, -0.05) is 48.5 Å². The van der Waals surface area contributed by atoms with E-state index in [0.717, 1.165) is 22.6 Å². The number of carbonyl (C=O) groups is 1. The predicted molar refractivity (Wildman–Crippen MR) is 136 cm³/mol. The van der Waals surface area contributed by atoms with Crippen LogP contribution in [-0.2, 0) is 0 Å². The molecule has 4 rings (SSSR count). The number of carbonyl (C=O) groups excluding carboxylic acids is 1. The lowest BCUT2D eigenvalue weighted by atomic mass is 10.1. The maximum Gasteiger partial charge on any atom is 0.271 e. The fourth-order valence-electron chi connectivity index (χ4n) is 3.52. The summed E-state index contributed by atoms with van der Waals surface area (Å²) < 4.78 is 10.5. The molecule has 1 amide bonds. The third-order valence-corrected chi connectivity index (χ3v) is 5.21. The fourth-order valence-corrected chi connectivity index (χ4v) is 3.52. The summed E-state index contributed by atoms with van der Waals surface area (Å²) in [7, 11) is 3.07. The lowest BCUT2D eigenvalue weighted by Crippen LogP contribution is -2.17. The molecule has 0 fully saturated rings. The molecule has 34 heavy (non-hydrogen) atoms. The normalized spacial score (nSPS) is 10.6. The Morgan fingerprint density at radius 1 is 0.735 bits per heavy atom. The highest BCUT2D eigenvalue weighted by Gasteiger charge is 2.12. The van der Waals surface area contributed by atoms with Crippen LogP contribution in [0.3, 0.4) is 0 Å². The van der Waals surface area contributed by atoms with Crippen molar-refractivity contribution in [3.63, 3.8) is 0 Å². The van der Waals surface area contributed by atoms with Crippen LogP contribution in [0.4, 0.5) is 17.1 Å². The standard InChI is InChI=1S/C28H25N3O3/c1-33-26-18-15-22(19-27(26)34-2)28(32)30-29-20-21-13-16-25(17-14-21)31(23-9-5-3-6-10-23)24-11-7-4-8-12-24/h3-20H,1-2H3,(H,30,32)/b29-20+. The lowest BCUT2D eigenvalue weighted by molar-refractivity contribution is 0.0954. The molecule has 0 bridgehead atoms. The van der Waals surface area contributed by atoms with E-state index in [1.54, 1.807) is 31.5 Å². The van der Waals surface area contributed by atoms with Gasteiger partial charge in [-0.05, 0) is 60.2 Å². The monoisotopic (exact) mass is 451 g/mol. The Labute approximate surface area is 199 Å². The van der Waals surface area contributed by atoms with Crippen molar-refractivity contribution < 1.29 is 14.3 Å². The largest absolute Gasteiger partial charge is 0.493 e. The molecule has 170 valence electrons. The van der Waals surface area contributed by atoms with Gasteiger partial charge in [-0.3, -0.25) is 4.79 Å². The summed E-state index contributed by atoms with van der Waals surface area (Å²) in [5, 5.41) is 4.10. The minimum Gasteiger partial charge on any atom is -0.493 e. The Morgan fingerprint density at radius 3 is 1.85 bits per heavy atom. The van der Waals surface area contributed by atoms with Gasteiger partial charge < -0.3 is 14.4 Å². The summed E-state index contributed by atoms with van der Waals surface area (Å²) in [4.78, 5) is 14.6. The molecule has 0 aliphatic carbocycles. The maximum absolute atomic E-state index is 12.4. The number of amides is 1. The van der Waals surface area contributed by atoms with Gasteiger partial charge in [0.2, 0.25) is 0 Å². The quantitative estimate of drug-likeness (QED) is 0.266. The van der Waals surface area contributed by atoms with Crippen molar-refractivity contribution in [1.29, 1.82) is 0 Å². The first-order valence-electron chi connectivity index (χ1n) is 10.8. The molecular formula is C28H25N3O3.